The fourth-order valence-corrected chi connectivity index (χ4v) is 1.75. The van der Waals surface area contributed by atoms with Crippen LogP contribution in [0.2, 0.25) is 0 Å². The van der Waals surface area contributed by atoms with Crippen LogP contribution in [0.15, 0.2) is 42.5 Å². The number of aliphatic hydroxyl groups excluding tert-OH is 1. The van der Waals surface area contributed by atoms with E-state index in [2.05, 4.69) is 5.32 Å². The maximum Gasteiger partial charge on any atom is 0.311 e. The van der Waals surface area contributed by atoms with Crippen LogP contribution >= 0.6 is 0 Å². The van der Waals surface area contributed by atoms with Crippen LogP contribution in [0.25, 0.3) is 0 Å². The van der Waals surface area contributed by atoms with Crippen molar-refractivity contribution in [3.63, 3.8) is 0 Å². The molecule has 0 heterocycles. The number of anilines is 1. The summed E-state index contributed by atoms with van der Waals surface area (Å²) in [6, 6.07) is 10.1. The number of nitrogens with one attached hydrogen (secondary N) is 1. The maximum atomic E-state index is 12.0. The first-order valence-corrected chi connectivity index (χ1v) is 6.00. The standard InChI is InChI=1S/C14H12N2O5/c17-8-9-4-6-10(7-5-9)15-14(19)11-2-1-3-12(13(11)18)16(20)21/h1-7,17-18H,8H2,(H,15,19). The van der Waals surface area contributed by atoms with E-state index in [0.29, 0.717) is 11.3 Å². The Morgan fingerprint density at radius 3 is 2.43 bits per heavy atom. The second-order valence-corrected chi connectivity index (χ2v) is 4.24. The molecule has 3 N–H and O–H groups in total. The molecule has 108 valence electrons. The molecule has 0 unspecified atom stereocenters. The third-order valence-electron chi connectivity index (χ3n) is 2.85. The number of phenolic OH excluding ortho intramolecular Hbond substituents is 1. The lowest BCUT2D eigenvalue weighted by molar-refractivity contribution is -0.385. The number of nitro groups is 1. The zero-order valence-corrected chi connectivity index (χ0v) is 10.8. The minimum absolute atomic E-state index is 0.111. The molecule has 2 rings (SSSR count). The topological polar surface area (TPSA) is 113 Å². The van der Waals surface area contributed by atoms with Crippen molar-refractivity contribution in [2.24, 2.45) is 0 Å². The first kappa shape index (κ1) is 14.5. The molecule has 0 aliphatic carbocycles. The summed E-state index contributed by atoms with van der Waals surface area (Å²) in [4.78, 5) is 22.0. The Morgan fingerprint density at radius 1 is 1.19 bits per heavy atom. The van der Waals surface area contributed by atoms with E-state index in [1.807, 2.05) is 0 Å². The molecule has 1 amide bonds. The van der Waals surface area contributed by atoms with Crippen LogP contribution in [0, 0.1) is 10.1 Å². The number of hydrogen-bond acceptors (Lipinski definition) is 5. The molecule has 0 aliphatic rings. The highest BCUT2D eigenvalue weighted by Crippen LogP contribution is 2.29. The summed E-state index contributed by atoms with van der Waals surface area (Å²) in [5.74, 6) is -1.33. The molecule has 0 atom stereocenters. The monoisotopic (exact) mass is 288 g/mol. The number of nitro benzene ring substituents is 1. The molecule has 7 nitrogen and oxygen atoms in total. The number of hydrogen-bond donors (Lipinski definition) is 3. The smallest absolute Gasteiger partial charge is 0.311 e. The molecule has 7 heteroatoms. The molecule has 21 heavy (non-hydrogen) atoms. The molecule has 0 aromatic heterocycles. The SMILES string of the molecule is O=C(Nc1ccc(CO)cc1)c1cccc([N+](=O)[O-])c1O. The third-order valence-corrected chi connectivity index (χ3v) is 2.85. The molecular weight excluding hydrogens is 276 g/mol. The Hall–Kier alpha value is -2.93. The first-order valence-electron chi connectivity index (χ1n) is 6.00. The van der Waals surface area contributed by atoms with Crippen LogP contribution in [0.5, 0.6) is 5.75 Å². The fourth-order valence-electron chi connectivity index (χ4n) is 1.75. The van der Waals surface area contributed by atoms with Crippen molar-refractivity contribution in [1.82, 2.24) is 0 Å². The summed E-state index contributed by atoms with van der Waals surface area (Å²) in [6.07, 6.45) is 0. The van der Waals surface area contributed by atoms with Gasteiger partial charge in [-0.25, -0.2) is 0 Å². The molecule has 0 aliphatic heterocycles. The van der Waals surface area contributed by atoms with Gasteiger partial charge in [-0.05, 0) is 23.8 Å². The van der Waals surface area contributed by atoms with Crippen LogP contribution in [0.1, 0.15) is 15.9 Å². The Labute approximate surface area is 119 Å². The van der Waals surface area contributed by atoms with Gasteiger partial charge in [-0.2, -0.15) is 0 Å². The van der Waals surface area contributed by atoms with Crippen LogP contribution in [-0.4, -0.2) is 21.0 Å². The lowest BCUT2D eigenvalue weighted by Crippen LogP contribution is -2.12. The summed E-state index contributed by atoms with van der Waals surface area (Å²) >= 11 is 0. The van der Waals surface area contributed by atoms with Gasteiger partial charge < -0.3 is 15.5 Å². The van der Waals surface area contributed by atoms with E-state index in [1.54, 1.807) is 24.3 Å². The van der Waals surface area contributed by atoms with E-state index in [9.17, 15) is 20.0 Å². The number of aliphatic hydroxyl groups is 1. The number of rotatable bonds is 4. The maximum absolute atomic E-state index is 12.0. The highest BCUT2D eigenvalue weighted by atomic mass is 16.6. The average molecular weight is 288 g/mol. The summed E-state index contributed by atoms with van der Waals surface area (Å²) in [6.45, 7) is -0.111. The van der Waals surface area contributed by atoms with E-state index in [1.165, 1.54) is 12.1 Å². The van der Waals surface area contributed by atoms with Crippen molar-refractivity contribution in [2.75, 3.05) is 5.32 Å². The lowest BCUT2D eigenvalue weighted by Gasteiger charge is -2.07. The third kappa shape index (κ3) is 3.15. The summed E-state index contributed by atoms with van der Waals surface area (Å²) in [5.41, 5.74) is 0.419. The van der Waals surface area contributed by atoms with E-state index < -0.39 is 22.3 Å². The van der Waals surface area contributed by atoms with Gasteiger partial charge in [-0.15, -0.1) is 0 Å². The Kier molecular flexibility index (Phi) is 4.15. The summed E-state index contributed by atoms with van der Waals surface area (Å²) in [7, 11) is 0. The first-order chi connectivity index (χ1) is 10.0. The number of aromatic hydroxyl groups is 1. The second kappa shape index (κ2) is 6.02. The molecule has 0 spiro atoms. The Morgan fingerprint density at radius 2 is 1.86 bits per heavy atom. The highest BCUT2D eigenvalue weighted by molar-refractivity contribution is 6.06. The lowest BCUT2D eigenvalue weighted by atomic mass is 10.1. The van der Waals surface area contributed by atoms with Gasteiger partial charge in [-0.3, -0.25) is 14.9 Å². The fraction of sp³-hybridized carbons (Fsp3) is 0.0714. The van der Waals surface area contributed by atoms with E-state index in [0.717, 1.165) is 6.07 Å². The molecule has 0 saturated carbocycles. The zero-order valence-electron chi connectivity index (χ0n) is 10.8. The highest BCUT2D eigenvalue weighted by Gasteiger charge is 2.20. The van der Waals surface area contributed by atoms with Gasteiger partial charge in [0, 0.05) is 11.8 Å². The van der Waals surface area contributed by atoms with E-state index in [4.69, 9.17) is 5.11 Å². The van der Waals surface area contributed by atoms with Crippen molar-refractivity contribution in [2.45, 2.75) is 6.61 Å². The number of benzene rings is 2. The molecule has 0 saturated heterocycles. The number of para-hydroxylation sites is 1. The normalized spacial score (nSPS) is 10.1. The molecule has 0 radical (unpaired) electrons. The number of carbonyl (C=O) groups is 1. The summed E-state index contributed by atoms with van der Waals surface area (Å²) in [5, 5.41) is 31.9. The van der Waals surface area contributed by atoms with Gasteiger partial charge in [0.15, 0.2) is 0 Å². The molecule has 0 fully saturated rings. The van der Waals surface area contributed by atoms with Crippen molar-refractivity contribution in [3.05, 3.63) is 63.7 Å². The van der Waals surface area contributed by atoms with Crippen molar-refractivity contribution >= 4 is 17.3 Å². The van der Waals surface area contributed by atoms with Crippen LogP contribution in [-0.2, 0) is 6.61 Å². The van der Waals surface area contributed by atoms with E-state index in [-0.39, 0.29) is 12.2 Å². The number of nitrogens with zero attached hydrogens (tertiary/aromatic N) is 1. The van der Waals surface area contributed by atoms with E-state index >= 15 is 0 Å². The quantitative estimate of drug-likeness (QED) is 0.588. The molecular formula is C14H12N2O5. The average Bonchev–Trinajstić information content (AvgIpc) is 2.47. The van der Waals surface area contributed by atoms with Gasteiger partial charge in [-0.1, -0.05) is 18.2 Å². The van der Waals surface area contributed by atoms with Crippen LogP contribution in [0.4, 0.5) is 11.4 Å². The van der Waals surface area contributed by atoms with Gasteiger partial charge in [0.2, 0.25) is 5.75 Å². The predicted octanol–water partition coefficient (Wildman–Crippen LogP) is 2.05. The molecule has 2 aromatic carbocycles. The predicted molar refractivity (Wildman–Crippen MR) is 75.1 cm³/mol. The van der Waals surface area contributed by atoms with Gasteiger partial charge in [0.05, 0.1) is 17.1 Å². The van der Waals surface area contributed by atoms with Gasteiger partial charge >= 0.3 is 5.69 Å². The second-order valence-electron chi connectivity index (χ2n) is 4.24. The van der Waals surface area contributed by atoms with Gasteiger partial charge in [0.25, 0.3) is 5.91 Å². The number of carbonyl (C=O) groups excluding carboxylic acids is 1. The largest absolute Gasteiger partial charge is 0.502 e. The van der Waals surface area contributed by atoms with Crippen molar-refractivity contribution in [1.29, 1.82) is 0 Å². The zero-order chi connectivity index (χ0) is 15.4. The van der Waals surface area contributed by atoms with Crippen molar-refractivity contribution in [3.8, 4) is 5.75 Å². The Balaban J connectivity index is 2.24. The number of amides is 1. The minimum atomic E-state index is -0.762. The number of phenols is 1. The van der Waals surface area contributed by atoms with Crippen LogP contribution in [0.3, 0.4) is 0 Å². The minimum Gasteiger partial charge on any atom is -0.502 e. The Bertz CT molecular complexity index is 682. The molecule has 2 aromatic rings. The summed E-state index contributed by atoms with van der Waals surface area (Å²) < 4.78 is 0. The van der Waals surface area contributed by atoms with Gasteiger partial charge in [0.1, 0.15) is 0 Å². The van der Waals surface area contributed by atoms with Crippen molar-refractivity contribution < 1.29 is 19.9 Å². The van der Waals surface area contributed by atoms with Crippen LogP contribution < -0.4 is 5.32 Å². The molecule has 0 bridgehead atoms.